The first-order valence-electron chi connectivity index (χ1n) is 8.49. The van der Waals surface area contributed by atoms with Crippen molar-refractivity contribution in [2.75, 3.05) is 40.4 Å². The quantitative estimate of drug-likeness (QED) is 0.768. The van der Waals surface area contributed by atoms with Crippen LogP contribution in [-0.2, 0) is 4.79 Å². The molecular formula is C19H26N2O4. The number of amides is 2. The van der Waals surface area contributed by atoms with Crippen LogP contribution < -0.4 is 9.47 Å². The predicted octanol–water partition coefficient (Wildman–Crippen LogP) is 2.34. The summed E-state index contributed by atoms with van der Waals surface area (Å²) in [6.45, 7) is 5.95. The van der Waals surface area contributed by atoms with Gasteiger partial charge in [0.05, 0.1) is 19.8 Å². The summed E-state index contributed by atoms with van der Waals surface area (Å²) >= 11 is 0. The van der Waals surface area contributed by atoms with E-state index in [0.29, 0.717) is 43.2 Å². The number of carbonyl (C=O) groups excluding carboxylic acids is 2. The lowest BCUT2D eigenvalue weighted by Crippen LogP contribution is -2.50. The van der Waals surface area contributed by atoms with Crippen molar-refractivity contribution >= 4 is 11.8 Å². The highest BCUT2D eigenvalue weighted by Crippen LogP contribution is 2.26. The number of rotatable bonds is 5. The lowest BCUT2D eigenvalue weighted by molar-refractivity contribution is -0.128. The number of benzene rings is 1. The number of carbonyl (C=O) groups is 2. The number of ether oxygens (including phenoxy) is 2. The molecular weight excluding hydrogens is 320 g/mol. The van der Waals surface area contributed by atoms with E-state index in [-0.39, 0.29) is 11.8 Å². The highest BCUT2D eigenvalue weighted by molar-refractivity contribution is 5.97. The van der Waals surface area contributed by atoms with Crippen molar-refractivity contribution in [2.24, 2.45) is 0 Å². The van der Waals surface area contributed by atoms with Gasteiger partial charge in [0.2, 0.25) is 5.91 Å². The average molecular weight is 346 g/mol. The van der Waals surface area contributed by atoms with E-state index in [1.165, 1.54) is 7.11 Å². The molecule has 0 aliphatic carbocycles. The molecule has 0 N–H and O–H groups in total. The highest BCUT2D eigenvalue weighted by Gasteiger charge is 2.26. The molecule has 1 fully saturated rings. The maximum Gasteiger partial charge on any atom is 0.257 e. The van der Waals surface area contributed by atoms with Crippen LogP contribution in [0.15, 0.2) is 29.8 Å². The van der Waals surface area contributed by atoms with Crippen molar-refractivity contribution in [3.05, 3.63) is 35.4 Å². The van der Waals surface area contributed by atoms with Crippen molar-refractivity contribution in [1.29, 1.82) is 0 Å². The average Bonchev–Trinajstić information content (AvgIpc) is 2.66. The van der Waals surface area contributed by atoms with Crippen molar-refractivity contribution in [3.63, 3.8) is 0 Å². The van der Waals surface area contributed by atoms with Crippen LogP contribution in [-0.4, -0.2) is 62.0 Å². The van der Waals surface area contributed by atoms with Crippen molar-refractivity contribution < 1.29 is 19.1 Å². The van der Waals surface area contributed by atoms with E-state index in [1.54, 1.807) is 35.1 Å². The Morgan fingerprint density at radius 1 is 1.08 bits per heavy atom. The van der Waals surface area contributed by atoms with Gasteiger partial charge in [0, 0.05) is 37.8 Å². The van der Waals surface area contributed by atoms with E-state index >= 15 is 0 Å². The fourth-order valence-electron chi connectivity index (χ4n) is 2.90. The number of piperazine rings is 1. The third kappa shape index (κ3) is 4.32. The van der Waals surface area contributed by atoms with Crippen molar-refractivity contribution in [2.45, 2.75) is 20.3 Å². The number of hydrogen-bond donors (Lipinski definition) is 0. The maximum absolute atomic E-state index is 12.8. The van der Waals surface area contributed by atoms with Crippen LogP contribution in [0.3, 0.4) is 0 Å². The molecule has 1 aromatic rings. The number of allylic oxidation sites excluding steroid dienone is 1. The second-order valence-corrected chi connectivity index (χ2v) is 5.95. The normalized spacial score (nSPS) is 15.1. The highest BCUT2D eigenvalue weighted by atomic mass is 16.5. The number of methoxy groups -OCH3 is 2. The molecule has 0 atom stereocenters. The predicted molar refractivity (Wildman–Crippen MR) is 96.1 cm³/mol. The second kappa shape index (κ2) is 8.55. The third-order valence-corrected chi connectivity index (χ3v) is 4.34. The lowest BCUT2D eigenvalue weighted by atomic mass is 10.1. The maximum atomic E-state index is 12.8. The van der Waals surface area contributed by atoms with Gasteiger partial charge in [-0.05, 0) is 25.5 Å². The van der Waals surface area contributed by atoms with Crippen molar-refractivity contribution in [3.8, 4) is 11.5 Å². The van der Waals surface area contributed by atoms with Gasteiger partial charge in [0.25, 0.3) is 5.91 Å². The summed E-state index contributed by atoms with van der Waals surface area (Å²) in [7, 11) is 3.10. The monoisotopic (exact) mass is 346 g/mol. The Balaban J connectivity index is 2.04. The van der Waals surface area contributed by atoms with E-state index in [0.717, 1.165) is 12.0 Å². The Morgan fingerprint density at radius 2 is 1.72 bits per heavy atom. The molecule has 2 amide bonds. The lowest BCUT2D eigenvalue weighted by Gasteiger charge is -2.35. The van der Waals surface area contributed by atoms with Gasteiger partial charge in [0.1, 0.15) is 11.5 Å². The third-order valence-electron chi connectivity index (χ3n) is 4.34. The second-order valence-electron chi connectivity index (χ2n) is 5.95. The smallest absolute Gasteiger partial charge is 0.257 e. The molecule has 1 heterocycles. The molecule has 1 aliphatic rings. The van der Waals surface area contributed by atoms with E-state index in [2.05, 4.69) is 0 Å². The Morgan fingerprint density at radius 3 is 2.28 bits per heavy atom. The van der Waals surface area contributed by atoms with Crippen LogP contribution >= 0.6 is 0 Å². The SMILES string of the molecule is CCC=C(C)C(=O)N1CCN(C(=O)c2ccc(OC)cc2OC)CC1. The largest absolute Gasteiger partial charge is 0.497 e. The van der Waals surface area contributed by atoms with Gasteiger partial charge in [-0.3, -0.25) is 9.59 Å². The van der Waals surface area contributed by atoms with Gasteiger partial charge in [-0.15, -0.1) is 0 Å². The van der Waals surface area contributed by atoms with Gasteiger partial charge >= 0.3 is 0 Å². The molecule has 0 spiro atoms. The molecule has 6 nitrogen and oxygen atoms in total. The summed E-state index contributed by atoms with van der Waals surface area (Å²) in [6, 6.07) is 5.16. The summed E-state index contributed by atoms with van der Waals surface area (Å²) in [5, 5.41) is 0. The molecule has 1 saturated heterocycles. The summed E-state index contributed by atoms with van der Waals surface area (Å²) in [5.74, 6) is 1.09. The molecule has 0 radical (unpaired) electrons. The van der Waals surface area contributed by atoms with E-state index in [9.17, 15) is 9.59 Å². The van der Waals surface area contributed by atoms with Crippen LogP contribution in [0.1, 0.15) is 30.6 Å². The summed E-state index contributed by atoms with van der Waals surface area (Å²) in [5.41, 5.74) is 1.27. The zero-order chi connectivity index (χ0) is 18.4. The Bertz CT molecular complexity index is 661. The van der Waals surface area contributed by atoms with Crippen LogP contribution in [0, 0.1) is 0 Å². The molecule has 2 rings (SSSR count). The Hall–Kier alpha value is -2.50. The molecule has 6 heteroatoms. The molecule has 1 aromatic carbocycles. The first-order valence-corrected chi connectivity index (χ1v) is 8.49. The fraction of sp³-hybridized carbons (Fsp3) is 0.474. The molecule has 0 aromatic heterocycles. The minimum atomic E-state index is -0.0903. The van der Waals surface area contributed by atoms with Crippen LogP contribution in [0.4, 0.5) is 0 Å². The van der Waals surface area contributed by atoms with Gasteiger partial charge in [-0.25, -0.2) is 0 Å². The van der Waals surface area contributed by atoms with Crippen LogP contribution in [0.5, 0.6) is 11.5 Å². The first kappa shape index (κ1) is 18.8. The van der Waals surface area contributed by atoms with E-state index < -0.39 is 0 Å². The van der Waals surface area contributed by atoms with Gasteiger partial charge in [-0.2, -0.15) is 0 Å². The first-order chi connectivity index (χ1) is 12.0. The topological polar surface area (TPSA) is 59.1 Å². The summed E-state index contributed by atoms with van der Waals surface area (Å²) in [6.07, 6.45) is 2.77. The molecule has 1 aliphatic heterocycles. The number of hydrogen-bond acceptors (Lipinski definition) is 4. The standard InChI is InChI=1S/C19H26N2O4/c1-5-6-14(2)18(22)20-9-11-21(12-10-20)19(23)16-8-7-15(24-3)13-17(16)25-4/h6-8,13H,5,9-12H2,1-4H3. The minimum Gasteiger partial charge on any atom is -0.497 e. The molecule has 136 valence electrons. The zero-order valence-corrected chi connectivity index (χ0v) is 15.4. The van der Waals surface area contributed by atoms with Gasteiger partial charge < -0.3 is 19.3 Å². The number of nitrogens with zero attached hydrogens (tertiary/aromatic N) is 2. The van der Waals surface area contributed by atoms with Gasteiger partial charge in [0.15, 0.2) is 0 Å². The Labute approximate surface area is 149 Å². The molecule has 0 bridgehead atoms. The zero-order valence-electron chi connectivity index (χ0n) is 15.4. The summed E-state index contributed by atoms with van der Waals surface area (Å²) in [4.78, 5) is 28.7. The van der Waals surface area contributed by atoms with Crippen LogP contribution in [0.2, 0.25) is 0 Å². The minimum absolute atomic E-state index is 0.0518. The molecule has 0 saturated carbocycles. The van der Waals surface area contributed by atoms with E-state index in [4.69, 9.17) is 9.47 Å². The van der Waals surface area contributed by atoms with Crippen LogP contribution in [0.25, 0.3) is 0 Å². The fourth-order valence-corrected chi connectivity index (χ4v) is 2.90. The Kier molecular flexibility index (Phi) is 6.44. The summed E-state index contributed by atoms with van der Waals surface area (Å²) < 4.78 is 10.5. The van der Waals surface area contributed by atoms with Crippen molar-refractivity contribution in [1.82, 2.24) is 9.80 Å². The van der Waals surface area contributed by atoms with E-state index in [1.807, 2.05) is 19.9 Å². The molecule has 25 heavy (non-hydrogen) atoms. The van der Waals surface area contributed by atoms with Gasteiger partial charge in [-0.1, -0.05) is 13.0 Å². The molecule has 0 unspecified atom stereocenters.